The molecule has 1 fully saturated rings. The van der Waals surface area contributed by atoms with Crippen molar-refractivity contribution < 1.29 is 43.0 Å². The van der Waals surface area contributed by atoms with Gasteiger partial charge >= 0.3 is 18.0 Å². The number of ether oxygens (including phenoxy) is 3. The number of nitrogens with zero attached hydrogens (tertiary/aromatic N) is 8. The van der Waals surface area contributed by atoms with E-state index in [0.717, 1.165) is 11.5 Å². The second-order valence-electron chi connectivity index (χ2n) is 12.9. The van der Waals surface area contributed by atoms with Crippen LogP contribution in [0.5, 0.6) is 0 Å². The Morgan fingerprint density at radius 1 is 1.14 bits per heavy atom. The van der Waals surface area contributed by atoms with Crippen molar-refractivity contribution in [2.24, 2.45) is 17.6 Å². The Bertz CT molecular complexity index is 1700. The molecule has 51 heavy (non-hydrogen) atoms. The number of carbonyl (C=O) groups is 5. The summed E-state index contributed by atoms with van der Waals surface area (Å²) in [6, 6.07) is -1.07. The average molecular weight is 770 g/mol. The second kappa shape index (κ2) is 16.7. The van der Waals surface area contributed by atoms with Crippen LogP contribution in [0.2, 0.25) is 0 Å². The molecule has 2 unspecified atom stereocenters. The number of fused-ring (bicyclic) bond motifs is 1. The van der Waals surface area contributed by atoms with Crippen molar-refractivity contribution in [3.05, 3.63) is 17.1 Å². The van der Waals surface area contributed by atoms with Gasteiger partial charge in [0.2, 0.25) is 23.5 Å². The van der Waals surface area contributed by atoms with Crippen molar-refractivity contribution >= 4 is 75.7 Å². The maximum Gasteiger partial charge on any atom is 0.407 e. The molecule has 2 aromatic heterocycles. The summed E-state index contributed by atoms with van der Waals surface area (Å²) in [7, 11) is 1.66. The molecule has 2 aliphatic rings. The summed E-state index contributed by atoms with van der Waals surface area (Å²) in [4.78, 5) is 75.1. The summed E-state index contributed by atoms with van der Waals surface area (Å²) in [6.45, 7) is 9.76. The van der Waals surface area contributed by atoms with Gasteiger partial charge < -0.3 is 35.4 Å². The number of alkyl carbamates (subject to hydrolysis) is 1. The topological polar surface area (TPSA) is 257 Å². The monoisotopic (exact) mass is 769 g/mol. The van der Waals surface area contributed by atoms with Crippen molar-refractivity contribution in [3.8, 4) is 0 Å². The predicted molar refractivity (Wildman–Crippen MR) is 184 cm³/mol. The molecule has 0 saturated carbocycles. The van der Waals surface area contributed by atoms with Crippen molar-refractivity contribution in [3.63, 3.8) is 0 Å². The zero-order valence-corrected chi connectivity index (χ0v) is 31.4. The summed E-state index contributed by atoms with van der Waals surface area (Å²) in [5.41, 5.74) is 4.45. The number of nitrogen functional groups attached to an aromatic ring is 1. The first kappa shape index (κ1) is 39.3. The summed E-state index contributed by atoms with van der Waals surface area (Å²) >= 11 is 3.40. The van der Waals surface area contributed by atoms with Crippen molar-refractivity contribution in [2.75, 3.05) is 37.2 Å². The molecular formula is C28H39N11O9S3. The Balaban J connectivity index is 1.44. The highest BCUT2D eigenvalue weighted by Gasteiger charge is 2.55. The first-order valence-corrected chi connectivity index (χ1v) is 18.2. The number of hydrogen-bond acceptors (Lipinski definition) is 19. The highest BCUT2D eigenvalue weighted by atomic mass is 32.2. The smallest absolute Gasteiger partial charge is 0.407 e. The van der Waals surface area contributed by atoms with E-state index in [1.807, 2.05) is 0 Å². The Labute approximate surface area is 305 Å². The number of anilines is 1. The van der Waals surface area contributed by atoms with Crippen LogP contribution in [-0.4, -0.2) is 118 Å². The molecular weight excluding hydrogens is 731 g/mol. The van der Waals surface area contributed by atoms with Crippen LogP contribution in [0.4, 0.5) is 9.93 Å². The Morgan fingerprint density at radius 3 is 2.51 bits per heavy atom. The van der Waals surface area contributed by atoms with Crippen molar-refractivity contribution in [1.29, 1.82) is 0 Å². The molecule has 4 heterocycles. The van der Waals surface area contributed by atoms with Gasteiger partial charge in [0, 0.05) is 43.1 Å². The second-order valence-corrected chi connectivity index (χ2v) is 15.8. The number of esters is 2. The molecule has 0 spiro atoms. The number of tetrazole rings is 1. The van der Waals surface area contributed by atoms with Gasteiger partial charge in [0.05, 0.1) is 5.41 Å². The lowest BCUT2D eigenvalue weighted by Gasteiger charge is -2.49. The average Bonchev–Trinajstić information content (AvgIpc) is 3.67. The fourth-order valence-electron chi connectivity index (χ4n) is 4.18. The van der Waals surface area contributed by atoms with Crippen molar-refractivity contribution in [1.82, 2.24) is 45.1 Å². The number of aryl methyl sites for hydroxylation is 1. The number of nitrogens with one attached hydrogen (secondary N) is 2. The van der Waals surface area contributed by atoms with Gasteiger partial charge in [-0.2, -0.15) is 9.36 Å². The maximum atomic E-state index is 13.6. The van der Waals surface area contributed by atoms with E-state index in [-0.39, 0.29) is 47.0 Å². The van der Waals surface area contributed by atoms with Gasteiger partial charge in [0.25, 0.3) is 11.8 Å². The van der Waals surface area contributed by atoms with E-state index in [1.165, 1.54) is 33.1 Å². The van der Waals surface area contributed by atoms with E-state index < -0.39 is 59.1 Å². The third-order valence-electron chi connectivity index (χ3n) is 6.58. The Morgan fingerprint density at radius 2 is 1.88 bits per heavy atom. The van der Waals surface area contributed by atoms with Gasteiger partial charge in [-0.05, 0) is 57.5 Å². The number of β-lactam (4-membered cyclic amide) rings is 1. The molecule has 4 N–H and O–H groups in total. The van der Waals surface area contributed by atoms with Gasteiger partial charge in [0.1, 0.15) is 29.3 Å². The third-order valence-corrected chi connectivity index (χ3v) is 9.56. The molecule has 23 heteroatoms. The van der Waals surface area contributed by atoms with Crippen molar-refractivity contribution in [2.45, 2.75) is 70.1 Å². The quantitative estimate of drug-likeness (QED) is 0.0457. The van der Waals surface area contributed by atoms with E-state index in [0.29, 0.717) is 17.2 Å². The molecule has 0 aromatic carbocycles. The summed E-state index contributed by atoms with van der Waals surface area (Å²) in [5.74, 6) is -2.47. The van der Waals surface area contributed by atoms with Crippen LogP contribution in [0.3, 0.4) is 0 Å². The summed E-state index contributed by atoms with van der Waals surface area (Å²) in [6.07, 6.45) is -0.259. The highest BCUT2D eigenvalue weighted by molar-refractivity contribution is 8.01. The fourth-order valence-corrected chi connectivity index (χ4v) is 6.95. The van der Waals surface area contributed by atoms with Gasteiger partial charge in [0.15, 0.2) is 5.13 Å². The molecule has 1 saturated heterocycles. The number of rotatable bonds is 14. The predicted octanol–water partition coefficient (Wildman–Crippen LogP) is 0.816. The number of thioether (sulfide) groups is 2. The lowest BCUT2D eigenvalue weighted by molar-refractivity contribution is -0.173. The standard InChI is InChI=1S/C28H39N11O9S3/c1-27(2,3)23(43)46-13-45-22(42)17-14(12-50-25-33-36-37-38(25)7)11-49-21-16(20(41)39(17)21)31-19(40)15(18-32-24(29)51-35-18)34-47-10-8-9-30-26(44)48-28(4,5)6/h16,21H,8-13H2,1-7H3,(H,30,44)(H,31,40)(H2,29,32,35)/b34-15+. The minimum absolute atomic E-state index is 0.00727. The van der Waals surface area contributed by atoms with Crippen LogP contribution >= 0.6 is 35.1 Å². The molecule has 20 nitrogen and oxygen atoms in total. The minimum Gasteiger partial charge on any atom is -0.444 e. The largest absolute Gasteiger partial charge is 0.444 e. The van der Waals surface area contributed by atoms with E-state index in [2.05, 4.69) is 40.7 Å². The lowest BCUT2D eigenvalue weighted by Crippen LogP contribution is -2.71. The van der Waals surface area contributed by atoms with Crippen LogP contribution < -0.4 is 16.4 Å². The molecule has 4 rings (SSSR count). The molecule has 0 aliphatic carbocycles. The number of amides is 3. The Hall–Kier alpha value is -4.51. The molecule has 2 aliphatic heterocycles. The Kier molecular flexibility index (Phi) is 12.8. The first-order chi connectivity index (χ1) is 24.0. The van der Waals surface area contributed by atoms with Gasteiger partial charge in [-0.15, -0.1) is 16.9 Å². The van der Waals surface area contributed by atoms with Crippen LogP contribution in [0.15, 0.2) is 21.6 Å². The number of carbonyl (C=O) groups excluding carboxylic acids is 5. The number of aromatic nitrogens is 6. The molecule has 2 atom stereocenters. The lowest BCUT2D eigenvalue weighted by atomic mass is 9.98. The number of hydrogen-bond donors (Lipinski definition) is 3. The van der Waals surface area contributed by atoms with E-state index in [9.17, 15) is 24.0 Å². The molecule has 0 bridgehead atoms. The van der Waals surface area contributed by atoms with E-state index in [1.54, 1.807) is 48.6 Å². The number of oxime groups is 1. The van der Waals surface area contributed by atoms with Gasteiger partial charge in [-0.3, -0.25) is 19.3 Å². The molecule has 278 valence electrons. The summed E-state index contributed by atoms with van der Waals surface area (Å²) in [5, 5.41) is 20.4. The minimum atomic E-state index is -1.07. The van der Waals surface area contributed by atoms with E-state index >= 15 is 0 Å². The van der Waals surface area contributed by atoms with E-state index in [4.69, 9.17) is 24.8 Å². The van der Waals surface area contributed by atoms with Crippen LogP contribution in [-0.2, 0) is 45.3 Å². The van der Waals surface area contributed by atoms with Gasteiger partial charge in [-0.1, -0.05) is 16.9 Å². The molecule has 2 aromatic rings. The van der Waals surface area contributed by atoms with Crippen LogP contribution in [0, 0.1) is 5.41 Å². The molecule has 3 amide bonds. The summed E-state index contributed by atoms with van der Waals surface area (Å²) < 4.78 is 21.1. The first-order valence-electron chi connectivity index (χ1n) is 15.4. The van der Waals surface area contributed by atoms with Crippen LogP contribution in [0.1, 0.15) is 53.8 Å². The fraction of sp³-hybridized carbons (Fsp3) is 0.607. The van der Waals surface area contributed by atoms with Crippen LogP contribution in [0.25, 0.3) is 0 Å². The maximum absolute atomic E-state index is 13.6. The highest BCUT2D eigenvalue weighted by Crippen LogP contribution is 2.42. The molecule has 0 radical (unpaired) electrons. The zero-order chi connectivity index (χ0) is 37.5. The van der Waals surface area contributed by atoms with Gasteiger partial charge in [-0.25, -0.2) is 14.3 Å². The third kappa shape index (κ3) is 10.5. The number of nitrogens with two attached hydrogens (primary N) is 1. The SMILES string of the molecule is Cn1nnnc1SCC1=C(C(=O)OCOC(=O)C(C)(C)C)N2C(=O)C(NC(=O)/C(=N/OCCCNC(=O)OC(C)(C)C)c3nsc(N)n3)C2SC1. The zero-order valence-electron chi connectivity index (χ0n) is 29.0. The normalized spacial score (nSPS) is 17.7.